The van der Waals surface area contributed by atoms with Gasteiger partial charge in [0.25, 0.3) is 5.91 Å². The molecule has 1 aromatic carbocycles. The highest BCUT2D eigenvalue weighted by molar-refractivity contribution is 5.87. The molecule has 0 bridgehead atoms. The molecule has 1 rings (SSSR count). The molecule has 0 aromatic heterocycles. The molecule has 0 aliphatic rings. The molecule has 0 heterocycles. The highest BCUT2D eigenvalue weighted by atomic mass is 19.4. The molecule has 0 saturated carbocycles. The lowest BCUT2D eigenvalue weighted by Crippen LogP contribution is -2.43. The third-order valence-electron chi connectivity index (χ3n) is 3.01. The molecule has 0 aliphatic carbocycles. The Hall–Kier alpha value is -2.09. The van der Waals surface area contributed by atoms with E-state index in [2.05, 4.69) is 10.1 Å². The summed E-state index contributed by atoms with van der Waals surface area (Å²) >= 11 is 0. The van der Waals surface area contributed by atoms with E-state index in [0.29, 0.717) is 0 Å². The van der Waals surface area contributed by atoms with Gasteiger partial charge in [-0.25, -0.2) is 4.79 Å². The number of aliphatic hydroxyl groups is 1. The van der Waals surface area contributed by atoms with E-state index in [-0.39, 0.29) is 12.0 Å². The predicted octanol–water partition coefficient (Wildman–Crippen LogP) is 1.81. The number of aliphatic hydroxyl groups excluding tert-OH is 1. The summed E-state index contributed by atoms with van der Waals surface area (Å²) in [7, 11) is 1.16. The lowest BCUT2D eigenvalue weighted by Gasteiger charge is -2.17. The third-order valence-corrected chi connectivity index (χ3v) is 3.01. The van der Waals surface area contributed by atoms with E-state index in [0.717, 1.165) is 31.4 Å². The smallest absolute Gasteiger partial charge is 0.416 e. The Bertz CT molecular complexity index is 528. The summed E-state index contributed by atoms with van der Waals surface area (Å²) < 4.78 is 41.8. The van der Waals surface area contributed by atoms with E-state index in [1.54, 1.807) is 6.92 Å². The van der Waals surface area contributed by atoms with E-state index >= 15 is 0 Å². The standard InChI is InChI=1S/C14H16F3NO4/c1-3-10(13(21)22-2)18-12(20)11(19)8-4-6-9(7-5-8)14(15,16)17/h4-7,10-11,19H,3H2,1-2H3,(H,18,20)/t10-,11-/m0/s1. The Labute approximate surface area is 125 Å². The van der Waals surface area contributed by atoms with Crippen molar-refractivity contribution in [2.45, 2.75) is 31.7 Å². The zero-order chi connectivity index (χ0) is 16.9. The van der Waals surface area contributed by atoms with Gasteiger partial charge in [0.2, 0.25) is 0 Å². The van der Waals surface area contributed by atoms with Crippen molar-refractivity contribution >= 4 is 11.9 Å². The van der Waals surface area contributed by atoms with Crippen molar-refractivity contribution in [2.75, 3.05) is 7.11 Å². The summed E-state index contributed by atoms with van der Waals surface area (Å²) in [6.07, 6.45) is -5.93. The Morgan fingerprint density at radius 3 is 2.23 bits per heavy atom. The Morgan fingerprint density at radius 2 is 1.82 bits per heavy atom. The Kier molecular flexibility index (Phi) is 5.92. The summed E-state index contributed by atoms with van der Waals surface area (Å²) in [5.41, 5.74) is -0.893. The number of alkyl halides is 3. The van der Waals surface area contributed by atoms with Crippen LogP contribution in [0.2, 0.25) is 0 Å². The van der Waals surface area contributed by atoms with Gasteiger partial charge in [-0.3, -0.25) is 4.79 Å². The van der Waals surface area contributed by atoms with Crippen LogP contribution in [0.1, 0.15) is 30.6 Å². The Morgan fingerprint density at radius 1 is 1.27 bits per heavy atom. The highest BCUT2D eigenvalue weighted by Crippen LogP contribution is 2.29. The first-order valence-electron chi connectivity index (χ1n) is 6.44. The number of benzene rings is 1. The molecule has 0 fully saturated rings. The highest BCUT2D eigenvalue weighted by Gasteiger charge is 2.31. The number of rotatable bonds is 5. The molecule has 22 heavy (non-hydrogen) atoms. The number of hydrogen-bond acceptors (Lipinski definition) is 4. The molecule has 1 amide bonds. The fourth-order valence-corrected chi connectivity index (χ4v) is 1.73. The van der Waals surface area contributed by atoms with Crippen LogP contribution in [-0.2, 0) is 20.5 Å². The van der Waals surface area contributed by atoms with Crippen LogP contribution < -0.4 is 5.32 Å². The van der Waals surface area contributed by atoms with E-state index < -0.39 is 35.8 Å². The summed E-state index contributed by atoms with van der Waals surface area (Å²) in [6.45, 7) is 1.63. The summed E-state index contributed by atoms with van der Waals surface area (Å²) in [5.74, 6) is -1.56. The van der Waals surface area contributed by atoms with Crippen molar-refractivity contribution in [3.05, 3.63) is 35.4 Å². The van der Waals surface area contributed by atoms with Crippen molar-refractivity contribution in [1.29, 1.82) is 0 Å². The largest absolute Gasteiger partial charge is 0.467 e. The zero-order valence-corrected chi connectivity index (χ0v) is 12.0. The number of nitrogens with one attached hydrogen (secondary N) is 1. The average molecular weight is 319 g/mol. The minimum absolute atomic E-state index is 0.00906. The molecular weight excluding hydrogens is 303 g/mol. The van der Waals surface area contributed by atoms with Gasteiger partial charge in [-0.15, -0.1) is 0 Å². The molecule has 0 radical (unpaired) electrons. The van der Waals surface area contributed by atoms with Crippen molar-refractivity contribution in [3.8, 4) is 0 Å². The minimum Gasteiger partial charge on any atom is -0.467 e. The molecule has 2 atom stereocenters. The van der Waals surface area contributed by atoms with Crippen LogP contribution in [0.25, 0.3) is 0 Å². The molecular formula is C14H16F3NO4. The van der Waals surface area contributed by atoms with E-state index in [1.807, 2.05) is 0 Å². The van der Waals surface area contributed by atoms with Gasteiger partial charge in [0, 0.05) is 0 Å². The van der Waals surface area contributed by atoms with Crippen LogP contribution >= 0.6 is 0 Å². The minimum atomic E-state index is -4.50. The van der Waals surface area contributed by atoms with Gasteiger partial charge in [-0.05, 0) is 24.1 Å². The van der Waals surface area contributed by atoms with Gasteiger partial charge in [0.15, 0.2) is 6.10 Å². The van der Waals surface area contributed by atoms with Crippen LogP contribution in [0.4, 0.5) is 13.2 Å². The van der Waals surface area contributed by atoms with Gasteiger partial charge in [-0.1, -0.05) is 19.1 Å². The molecule has 0 unspecified atom stereocenters. The molecule has 1 aromatic rings. The lowest BCUT2D eigenvalue weighted by atomic mass is 10.1. The second-order valence-corrected chi connectivity index (χ2v) is 4.51. The van der Waals surface area contributed by atoms with Gasteiger partial charge < -0.3 is 15.2 Å². The number of ether oxygens (including phenoxy) is 1. The number of carbonyl (C=O) groups is 2. The van der Waals surface area contributed by atoms with Crippen molar-refractivity contribution in [1.82, 2.24) is 5.32 Å². The molecule has 0 aliphatic heterocycles. The molecule has 122 valence electrons. The van der Waals surface area contributed by atoms with Gasteiger partial charge in [0.1, 0.15) is 6.04 Å². The Balaban J connectivity index is 2.80. The van der Waals surface area contributed by atoms with Crippen molar-refractivity contribution in [2.24, 2.45) is 0 Å². The number of methoxy groups -OCH3 is 1. The topological polar surface area (TPSA) is 75.6 Å². The fraction of sp³-hybridized carbons (Fsp3) is 0.429. The number of carbonyl (C=O) groups excluding carboxylic acids is 2. The summed E-state index contributed by atoms with van der Waals surface area (Å²) in [4.78, 5) is 23.2. The van der Waals surface area contributed by atoms with Crippen LogP contribution in [0.3, 0.4) is 0 Å². The maximum absolute atomic E-state index is 12.4. The zero-order valence-electron chi connectivity index (χ0n) is 12.0. The monoisotopic (exact) mass is 319 g/mol. The van der Waals surface area contributed by atoms with Gasteiger partial charge in [-0.2, -0.15) is 13.2 Å². The fourth-order valence-electron chi connectivity index (χ4n) is 1.73. The maximum atomic E-state index is 12.4. The molecule has 5 nitrogen and oxygen atoms in total. The van der Waals surface area contributed by atoms with Gasteiger partial charge >= 0.3 is 12.1 Å². The number of halogens is 3. The number of esters is 1. The quantitative estimate of drug-likeness (QED) is 0.812. The average Bonchev–Trinajstić information content (AvgIpc) is 2.50. The maximum Gasteiger partial charge on any atom is 0.416 e. The molecule has 2 N–H and O–H groups in total. The second kappa shape index (κ2) is 7.26. The molecule has 8 heteroatoms. The first kappa shape index (κ1) is 18.0. The van der Waals surface area contributed by atoms with Crippen LogP contribution in [0.5, 0.6) is 0 Å². The van der Waals surface area contributed by atoms with Gasteiger partial charge in [0.05, 0.1) is 12.7 Å². The predicted molar refractivity (Wildman–Crippen MR) is 70.6 cm³/mol. The summed E-state index contributed by atoms with van der Waals surface area (Å²) in [6, 6.07) is 2.62. The van der Waals surface area contributed by atoms with Crippen LogP contribution in [-0.4, -0.2) is 30.1 Å². The van der Waals surface area contributed by atoms with Crippen LogP contribution in [0.15, 0.2) is 24.3 Å². The van der Waals surface area contributed by atoms with Crippen molar-refractivity contribution < 1.29 is 32.6 Å². The van der Waals surface area contributed by atoms with Crippen LogP contribution in [0, 0.1) is 0 Å². The van der Waals surface area contributed by atoms with E-state index in [1.165, 1.54) is 0 Å². The molecule has 0 saturated heterocycles. The lowest BCUT2D eigenvalue weighted by molar-refractivity contribution is -0.146. The van der Waals surface area contributed by atoms with E-state index in [4.69, 9.17) is 0 Å². The SMILES string of the molecule is CC[C@H](NC(=O)[C@@H](O)c1ccc(C(F)(F)F)cc1)C(=O)OC. The number of hydrogen-bond donors (Lipinski definition) is 2. The summed E-state index contributed by atoms with van der Waals surface area (Å²) in [5, 5.41) is 12.1. The third kappa shape index (κ3) is 4.45. The first-order chi connectivity index (χ1) is 10.2. The normalized spacial score (nSPS) is 14.1. The first-order valence-corrected chi connectivity index (χ1v) is 6.44. The number of amides is 1. The second-order valence-electron chi connectivity index (χ2n) is 4.51. The van der Waals surface area contributed by atoms with E-state index in [9.17, 15) is 27.9 Å². The molecule has 0 spiro atoms. The van der Waals surface area contributed by atoms with Crippen molar-refractivity contribution in [3.63, 3.8) is 0 Å².